The number of rotatable bonds is 4. The van der Waals surface area contributed by atoms with E-state index < -0.39 is 0 Å². The molecule has 0 radical (unpaired) electrons. The van der Waals surface area contributed by atoms with E-state index in [-0.39, 0.29) is 11.9 Å². The SMILES string of the molecule is COc1cc(Br)cc(C(=O)NC2Cc3ccccc3C2)c1OC. The normalized spacial score (nSPS) is 13.5. The number of amides is 1. The number of halogens is 1. The van der Waals surface area contributed by atoms with Crippen LogP contribution in [0.4, 0.5) is 0 Å². The number of hydrogen-bond donors (Lipinski definition) is 1. The molecule has 1 amide bonds. The molecule has 0 aromatic heterocycles. The van der Waals surface area contributed by atoms with Crippen molar-refractivity contribution >= 4 is 21.8 Å². The van der Waals surface area contributed by atoms with Crippen LogP contribution in [0.2, 0.25) is 0 Å². The van der Waals surface area contributed by atoms with E-state index in [1.165, 1.54) is 18.2 Å². The molecule has 0 fully saturated rings. The fourth-order valence-electron chi connectivity index (χ4n) is 3.02. The third-order valence-corrected chi connectivity index (χ3v) is 4.53. The zero-order valence-electron chi connectivity index (χ0n) is 13.1. The summed E-state index contributed by atoms with van der Waals surface area (Å²) < 4.78 is 11.4. The Morgan fingerprint density at radius 3 is 2.35 bits per heavy atom. The van der Waals surface area contributed by atoms with Crippen molar-refractivity contribution in [3.8, 4) is 11.5 Å². The number of hydrogen-bond acceptors (Lipinski definition) is 3. The predicted octanol–water partition coefficient (Wildman–Crippen LogP) is 3.36. The third kappa shape index (κ3) is 3.20. The highest BCUT2D eigenvalue weighted by atomic mass is 79.9. The lowest BCUT2D eigenvalue weighted by Gasteiger charge is -2.16. The second kappa shape index (κ2) is 6.62. The van der Waals surface area contributed by atoms with Crippen molar-refractivity contribution in [3.05, 3.63) is 57.6 Å². The molecule has 2 aromatic carbocycles. The lowest BCUT2D eigenvalue weighted by Crippen LogP contribution is -2.35. The highest BCUT2D eigenvalue weighted by molar-refractivity contribution is 9.10. The van der Waals surface area contributed by atoms with E-state index >= 15 is 0 Å². The summed E-state index contributed by atoms with van der Waals surface area (Å²) in [6, 6.07) is 11.9. The third-order valence-electron chi connectivity index (χ3n) is 4.07. The standard InChI is InChI=1S/C18H18BrNO3/c1-22-16-10-13(19)9-15(17(16)23-2)18(21)20-14-7-11-5-3-4-6-12(11)8-14/h3-6,9-10,14H,7-8H2,1-2H3,(H,20,21). The zero-order chi connectivity index (χ0) is 16.4. The number of methoxy groups -OCH3 is 2. The lowest BCUT2D eigenvalue weighted by atomic mass is 10.1. The molecule has 3 rings (SSSR count). The maximum absolute atomic E-state index is 12.7. The number of fused-ring (bicyclic) bond motifs is 1. The van der Waals surface area contributed by atoms with Gasteiger partial charge in [-0.1, -0.05) is 40.2 Å². The van der Waals surface area contributed by atoms with Gasteiger partial charge in [0.1, 0.15) is 0 Å². The molecule has 0 atom stereocenters. The molecule has 120 valence electrons. The van der Waals surface area contributed by atoms with Gasteiger partial charge in [0.15, 0.2) is 11.5 Å². The van der Waals surface area contributed by atoms with Crippen molar-refractivity contribution < 1.29 is 14.3 Å². The number of carbonyl (C=O) groups excluding carboxylic acids is 1. The van der Waals surface area contributed by atoms with Gasteiger partial charge in [0, 0.05) is 10.5 Å². The molecular formula is C18H18BrNO3. The summed E-state index contributed by atoms with van der Waals surface area (Å²) in [5, 5.41) is 3.10. The fourth-order valence-corrected chi connectivity index (χ4v) is 3.46. The minimum Gasteiger partial charge on any atom is -0.493 e. The molecule has 0 saturated carbocycles. The van der Waals surface area contributed by atoms with E-state index in [4.69, 9.17) is 9.47 Å². The predicted molar refractivity (Wildman–Crippen MR) is 92.4 cm³/mol. The van der Waals surface area contributed by atoms with Crippen LogP contribution in [0.15, 0.2) is 40.9 Å². The topological polar surface area (TPSA) is 47.6 Å². The van der Waals surface area contributed by atoms with Crippen LogP contribution in [-0.4, -0.2) is 26.2 Å². The molecule has 0 heterocycles. The van der Waals surface area contributed by atoms with Crippen molar-refractivity contribution in [2.45, 2.75) is 18.9 Å². The summed E-state index contributed by atoms with van der Waals surface area (Å²) in [5.41, 5.74) is 3.07. The van der Waals surface area contributed by atoms with Crippen LogP contribution >= 0.6 is 15.9 Å². The van der Waals surface area contributed by atoms with Gasteiger partial charge >= 0.3 is 0 Å². The molecule has 0 unspecified atom stereocenters. The van der Waals surface area contributed by atoms with Crippen LogP contribution in [0.5, 0.6) is 11.5 Å². The van der Waals surface area contributed by atoms with Crippen LogP contribution in [0.25, 0.3) is 0 Å². The lowest BCUT2D eigenvalue weighted by molar-refractivity contribution is 0.0935. The first-order chi connectivity index (χ1) is 11.1. The van der Waals surface area contributed by atoms with Crippen molar-refractivity contribution in [2.75, 3.05) is 14.2 Å². The zero-order valence-corrected chi connectivity index (χ0v) is 14.6. The van der Waals surface area contributed by atoms with Crippen LogP contribution in [0.3, 0.4) is 0 Å². The minimum absolute atomic E-state index is 0.106. The maximum atomic E-state index is 12.7. The Kier molecular flexibility index (Phi) is 4.57. The Labute approximate surface area is 143 Å². The molecule has 0 aliphatic heterocycles. The van der Waals surface area contributed by atoms with Crippen LogP contribution in [-0.2, 0) is 12.8 Å². The maximum Gasteiger partial charge on any atom is 0.255 e. The molecule has 1 N–H and O–H groups in total. The Bertz CT molecular complexity index is 720. The molecule has 0 bridgehead atoms. The van der Waals surface area contributed by atoms with Crippen LogP contribution in [0.1, 0.15) is 21.5 Å². The quantitative estimate of drug-likeness (QED) is 0.890. The van der Waals surface area contributed by atoms with E-state index in [0.717, 1.165) is 17.3 Å². The van der Waals surface area contributed by atoms with Gasteiger partial charge in [-0.2, -0.15) is 0 Å². The van der Waals surface area contributed by atoms with Crippen LogP contribution in [0, 0.1) is 0 Å². The minimum atomic E-state index is -0.153. The van der Waals surface area contributed by atoms with E-state index in [9.17, 15) is 4.79 Å². The first kappa shape index (κ1) is 15.9. The number of carbonyl (C=O) groups is 1. The van der Waals surface area contributed by atoms with Crippen molar-refractivity contribution in [1.29, 1.82) is 0 Å². The molecule has 4 nitrogen and oxygen atoms in total. The largest absolute Gasteiger partial charge is 0.493 e. The van der Waals surface area contributed by atoms with Gasteiger partial charge < -0.3 is 14.8 Å². The highest BCUT2D eigenvalue weighted by Gasteiger charge is 2.25. The Morgan fingerprint density at radius 2 is 1.78 bits per heavy atom. The fraction of sp³-hybridized carbons (Fsp3) is 0.278. The molecule has 0 saturated heterocycles. The summed E-state index contributed by atoms with van der Waals surface area (Å²) in [4.78, 5) is 12.7. The van der Waals surface area contributed by atoms with Gasteiger partial charge in [0.2, 0.25) is 0 Å². The van der Waals surface area contributed by atoms with Gasteiger partial charge in [-0.3, -0.25) is 4.79 Å². The first-order valence-electron chi connectivity index (χ1n) is 7.41. The molecule has 5 heteroatoms. The molecule has 2 aromatic rings. The average Bonchev–Trinajstić information content (AvgIpc) is 2.95. The summed E-state index contributed by atoms with van der Waals surface area (Å²) in [5.74, 6) is 0.824. The Hall–Kier alpha value is -2.01. The van der Waals surface area contributed by atoms with Gasteiger partial charge in [0.05, 0.1) is 19.8 Å². The van der Waals surface area contributed by atoms with Crippen LogP contribution < -0.4 is 14.8 Å². The van der Waals surface area contributed by atoms with Gasteiger partial charge in [-0.15, -0.1) is 0 Å². The second-order valence-corrected chi connectivity index (χ2v) is 6.45. The van der Waals surface area contributed by atoms with Gasteiger partial charge in [0.25, 0.3) is 5.91 Å². The monoisotopic (exact) mass is 375 g/mol. The Morgan fingerprint density at radius 1 is 1.13 bits per heavy atom. The average molecular weight is 376 g/mol. The smallest absolute Gasteiger partial charge is 0.255 e. The number of nitrogens with one attached hydrogen (secondary N) is 1. The van der Waals surface area contributed by atoms with E-state index in [1.807, 2.05) is 12.1 Å². The second-order valence-electron chi connectivity index (χ2n) is 5.54. The summed E-state index contributed by atoms with van der Waals surface area (Å²) in [6.45, 7) is 0. The van der Waals surface area contributed by atoms with E-state index in [1.54, 1.807) is 19.2 Å². The number of benzene rings is 2. The summed E-state index contributed by atoms with van der Waals surface area (Å²) in [7, 11) is 3.09. The number of ether oxygens (including phenoxy) is 2. The Balaban J connectivity index is 1.81. The summed E-state index contributed by atoms with van der Waals surface area (Å²) in [6.07, 6.45) is 1.71. The van der Waals surface area contributed by atoms with E-state index in [0.29, 0.717) is 17.1 Å². The van der Waals surface area contributed by atoms with Crippen molar-refractivity contribution in [2.24, 2.45) is 0 Å². The molecule has 0 spiro atoms. The van der Waals surface area contributed by atoms with Crippen molar-refractivity contribution in [3.63, 3.8) is 0 Å². The van der Waals surface area contributed by atoms with E-state index in [2.05, 4.69) is 33.4 Å². The molecular weight excluding hydrogens is 358 g/mol. The first-order valence-corrected chi connectivity index (χ1v) is 8.21. The van der Waals surface area contributed by atoms with Gasteiger partial charge in [-0.25, -0.2) is 0 Å². The van der Waals surface area contributed by atoms with Crippen molar-refractivity contribution in [1.82, 2.24) is 5.32 Å². The highest BCUT2D eigenvalue weighted by Crippen LogP contribution is 2.34. The molecule has 1 aliphatic rings. The molecule has 23 heavy (non-hydrogen) atoms. The molecule has 1 aliphatic carbocycles. The van der Waals surface area contributed by atoms with Gasteiger partial charge in [-0.05, 0) is 36.1 Å². The summed E-state index contributed by atoms with van der Waals surface area (Å²) >= 11 is 3.41.